The van der Waals surface area contributed by atoms with Gasteiger partial charge in [-0.2, -0.15) is 0 Å². The van der Waals surface area contributed by atoms with Crippen LogP contribution in [0, 0.1) is 6.92 Å². The second-order valence-corrected chi connectivity index (χ2v) is 5.57. The number of pyridine rings is 1. The normalized spacial score (nSPS) is 12.7. The fourth-order valence-corrected chi connectivity index (χ4v) is 3.08. The fourth-order valence-electron chi connectivity index (χ4n) is 1.59. The highest BCUT2D eigenvalue weighted by molar-refractivity contribution is 9.10. The third kappa shape index (κ3) is 2.70. The number of rotatable bonds is 3. The number of thiophene rings is 1. The van der Waals surface area contributed by atoms with Gasteiger partial charge in [0.15, 0.2) is 0 Å². The van der Waals surface area contributed by atoms with E-state index < -0.39 is 6.10 Å². The van der Waals surface area contributed by atoms with E-state index in [4.69, 9.17) is 0 Å². The van der Waals surface area contributed by atoms with Gasteiger partial charge in [-0.3, -0.25) is 4.98 Å². The lowest BCUT2D eigenvalue weighted by Crippen LogP contribution is -2.05. The topological polar surface area (TPSA) is 33.1 Å². The molecule has 0 aliphatic heterocycles. The zero-order valence-electron chi connectivity index (χ0n) is 8.85. The molecule has 0 aliphatic rings. The molecule has 0 aromatic carbocycles. The lowest BCUT2D eigenvalue weighted by molar-refractivity contribution is 0.174. The quantitative estimate of drug-likeness (QED) is 0.941. The number of hydrogen-bond acceptors (Lipinski definition) is 3. The molecule has 0 spiro atoms. The molecule has 1 atom stereocenters. The number of aromatic nitrogens is 1. The first-order chi connectivity index (χ1) is 7.66. The van der Waals surface area contributed by atoms with E-state index in [0.29, 0.717) is 6.42 Å². The SMILES string of the molecule is Cc1cccnc1C(O)Cc1cc(Br)cs1. The molecule has 0 radical (unpaired) electrons. The van der Waals surface area contributed by atoms with Crippen molar-refractivity contribution in [3.8, 4) is 0 Å². The molecule has 0 fully saturated rings. The van der Waals surface area contributed by atoms with Gasteiger partial charge in [-0.15, -0.1) is 11.3 Å². The third-order valence-electron chi connectivity index (χ3n) is 2.38. The van der Waals surface area contributed by atoms with Crippen molar-refractivity contribution in [2.24, 2.45) is 0 Å². The maximum absolute atomic E-state index is 10.1. The van der Waals surface area contributed by atoms with Crippen molar-refractivity contribution in [3.63, 3.8) is 0 Å². The van der Waals surface area contributed by atoms with E-state index in [-0.39, 0.29) is 0 Å². The van der Waals surface area contributed by atoms with Crippen LogP contribution in [0.4, 0.5) is 0 Å². The molecule has 2 aromatic rings. The fraction of sp³-hybridized carbons (Fsp3) is 0.250. The highest BCUT2D eigenvalue weighted by Gasteiger charge is 2.13. The van der Waals surface area contributed by atoms with Crippen LogP contribution in [0.15, 0.2) is 34.2 Å². The summed E-state index contributed by atoms with van der Waals surface area (Å²) in [5.74, 6) is 0. The molecule has 16 heavy (non-hydrogen) atoms. The Morgan fingerprint density at radius 3 is 3.00 bits per heavy atom. The van der Waals surface area contributed by atoms with Gasteiger partial charge in [-0.05, 0) is 40.5 Å². The monoisotopic (exact) mass is 297 g/mol. The number of nitrogens with zero attached hydrogens (tertiary/aromatic N) is 1. The molecule has 0 aliphatic carbocycles. The Labute approximate surface area is 107 Å². The van der Waals surface area contributed by atoms with Gasteiger partial charge in [0, 0.05) is 27.3 Å². The molecule has 0 bridgehead atoms. The molecule has 1 N–H and O–H groups in total. The third-order valence-corrected chi connectivity index (χ3v) is 4.10. The standard InChI is InChI=1S/C12H12BrNOS/c1-8-3-2-4-14-12(8)11(15)6-10-5-9(13)7-16-10/h2-5,7,11,15H,6H2,1H3. The van der Waals surface area contributed by atoms with E-state index in [0.717, 1.165) is 20.6 Å². The number of hydrogen-bond donors (Lipinski definition) is 1. The summed E-state index contributed by atoms with van der Waals surface area (Å²) in [6.07, 6.45) is 1.82. The van der Waals surface area contributed by atoms with Crippen LogP contribution < -0.4 is 0 Å². The maximum atomic E-state index is 10.1. The minimum absolute atomic E-state index is 0.522. The second kappa shape index (κ2) is 5.08. The summed E-state index contributed by atoms with van der Waals surface area (Å²) in [6, 6.07) is 5.88. The molecule has 2 heterocycles. The van der Waals surface area contributed by atoms with Gasteiger partial charge in [-0.1, -0.05) is 6.07 Å². The largest absolute Gasteiger partial charge is 0.386 e. The average molecular weight is 298 g/mol. The zero-order valence-corrected chi connectivity index (χ0v) is 11.3. The highest BCUT2D eigenvalue weighted by Crippen LogP contribution is 2.25. The number of aliphatic hydroxyl groups excluding tert-OH is 1. The number of aryl methyl sites for hydroxylation is 1. The summed E-state index contributed by atoms with van der Waals surface area (Å²) in [5, 5.41) is 12.1. The molecule has 1 unspecified atom stereocenters. The van der Waals surface area contributed by atoms with Crippen molar-refractivity contribution in [3.05, 3.63) is 50.4 Å². The van der Waals surface area contributed by atoms with Gasteiger partial charge in [0.1, 0.15) is 6.10 Å². The van der Waals surface area contributed by atoms with Crippen LogP contribution in [0.25, 0.3) is 0 Å². The number of halogens is 1. The van der Waals surface area contributed by atoms with Gasteiger partial charge in [-0.25, -0.2) is 0 Å². The molecular formula is C12H12BrNOS. The van der Waals surface area contributed by atoms with Gasteiger partial charge in [0.2, 0.25) is 0 Å². The van der Waals surface area contributed by atoms with E-state index in [2.05, 4.69) is 20.9 Å². The first kappa shape index (κ1) is 11.8. The summed E-state index contributed by atoms with van der Waals surface area (Å²) in [7, 11) is 0. The average Bonchev–Trinajstić information content (AvgIpc) is 2.64. The minimum atomic E-state index is -0.522. The Morgan fingerprint density at radius 2 is 2.38 bits per heavy atom. The Morgan fingerprint density at radius 1 is 1.56 bits per heavy atom. The Bertz CT molecular complexity index is 483. The van der Waals surface area contributed by atoms with E-state index >= 15 is 0 Å². The van der Waals surface area contributed by atoms with E-state index in [9.17, 15) is 5.11 Å². The van der Waals surface area contributed by atoms with Crippen LogP contribution in [0.3, 0.4) is 0 Å². The molecule has 0 saturated heterocycles. The lowest BCUT2D eigenvalue weighted by Gasteiger charge is -2.10. The predicted octanol–water partition coefficient (Wildman–Crippen LogP) is 3.49. The Balaban J connectivity index is 2.14. The highest BCUT2D eigenvalue weighted by atomic mass is 79.9. The maximum Gasteiger partial charge on any atom is 0.101 e. The van der Waals surface area contributed by atoms with Crippen molar-refractivity contribution in [1.82, 2.24) is 4.98 Å². The van der Waals surface area contributed by atoms with Crippen molar-refractivity contribution < 1.29 is 5.11 Å². The Hall–Kier alpha value is -0.710. The molecule has 4 heteroatoms. The summed E-state index contributed by atoms with van der Waals surface area (Å²) in [5.41, 5.74) is 1.80. The molecule has 84 valence electrons. The van der Waals surface area contributed by atoms with Gasteiger partial charge in [0.05, 0.1) is 5.69 Å². The predicted molar refractivity (Wildman–Crippen MR) is 69.7 cm³/mol. The van der Waals surface area contributed by atoms with E-state index in [1.165, 1.54) is 0 Å². The molecule has 0 saturated carbocycles. The van der Waals surface area contributed by atoms with Crippen molar-refractivity contribution in [1.29, 1.82) is 0 Å². The molecule has 2 rings (SSSR count). The van der Waals surface area contributed by atoms with Crippen LogP contribution in [0.2, 0.25) is 0 Å². The van der Waals surface area contributed by atoms with Gasteiger partial charge >= 0.3 is 0 Å². The van der Waals surface area contributed by atoms with E-state index in [1.54, 1.807) is 17.5 Å². The van der Waals surface area contributed by atoms with E-state index in [1.807, 2.05) is 30.5 Å². The van der Waals surface area contributed by atoms with Crippen molar-refractivity contribution >= 4 is 27.3 Å². The van der Waals surface area contributed by atoms with Gasteiger partial charge < -0.3 is 5.11 Å². The number of aliphatic hydroxyl groups is 1. The van der Waals surface area contributed by atoms with Crippen LogP contribution >= 0.6 is 27.3 Å². The first-order valence-corrected chi connectivity index (χ1v) is 6.66. The lowest BCUT2D eigenvalue weighted by atomic mass is 10.1. The smallest absolute Gasteiger partial charge is 0.101 e. The summed E-state index contributed by atoms with van der Waals surface area (Å²) >= 11 is 5.05. The van der Waals surface area contributed by atoms with Crippen LogP contribution in [0.5, 0.6) is 0 Å². The summed E-state index contributed by atoms with van der Waals surface area (Å²) in [6.45, 7) is 1.97. The summed E-state index contributed by atoms with van der Waals surface area (Å²) in [4.78, 5) is 5.38. The van der Waals surface area contributed by atoms with Crippen LogP contribution in [-0.2, 0) is 6.42 Å². The van der Waals surface area contributed by atoms with Crippen molar-refractivity contribution in [2.75, 3.05) is 0 Å². The molecular weight excluding hydrogens is 286 g/mol. The minimum Gasteiger partial charge on any atom is -0.386 e. The molecule has 0 amide bonds. The van der Waals surface area contributed by atoms with Crippen LogP contribution in [-0.4, -0.2) is 10.1 Å². The van der Waals surface area contributed by atoms with Gasteiger partial charge in [0.25, 0.3) is 0 Å². The zero-order chi connectivity index (χ0) is 11.5. The van der Waals surface area contributed by atoms with Crippen LogP contribution in [0.1, 0.15) is 22.2 Å². The molecule has 2 nitrogen and oxygen atoms in total. The second-order valence-electron chi connectivity index (χ2n) is 3.66. The first-order valence-electron chi connectivity index (χ1n) is 4.99. The Kier molecular flexibility index (Phi) is 3.74. The molecule has 2 aromatic heterocycles. The van der Waals surface area contributed by atoms with Crippen molar-refractivity contribution in [2.45, 2.75) is 19.4 Å². The summed E-state index contributed by atoms with van der Waals surface area (Å²) < 4.78 is 1.07.